The Labute approximate surface area is 140 Å². The highest BCUT2D eigenvalue weighted by atomic mass is 16.2. The molecule has 3 rings (SSSR count). The molecule has 1 aromatic heterocycles. The number of hydrogen-bond acceptors (Lipinski definition) is 3. The summed E-state index contributed by atoms with van der Waals surface area (Å²) in [4.78, 5) is 15.3. The monoisotopic (exact) mass is 320 g/mol. The van der Waals surface area contributed by atoms with E-state index in [2.05, 4.69) is 20.8 Å². The van der Waals surface area contributed by atoms with Crippen LogP contribution in [0.1, 0.15) is 18.1 Å². The maximum Gasteiger partial charge on any atom is 0.262 e. The average molecular weight is 320 g/mol. The molecule has 0 spiro atoms. The molecular formula is C19H20N4O. The fourth-order valence-corrected chi connectivity index (χ4v) is 2.43. The molecule has 1 heterocycles. The number of benzene rings is 2. The largest absolute Gasteiger partial charge is 0.374 e. The number of fused-ring (bicyclic) bond motifs is 1. The second-order valence-electron chi connectivity index (χ2n) is 5.76. The van der Waals surface area contributed by atoms with Crippen LogP contribution in [0.25, 0.3) is 10.9 Å². The molecule has 3 aromatic rings. The number of rotatable bonds is 5. The molecule has 3 N–H and O–H groups in total. The molecule has 1 amide bonds. The van der Waals surface area contributed by atoms with Crippen molar-refractivity contribution < 1.29 is 4.79 Å². The van der Waals surface area contributed by atoms with Crippen LogP contribution < -0.4 is 10.7 Å². The van der Waals surface area contributed by atoms with Gasteiger partial charge in [-0.3, -0.25) is 4.79 Å². The zero-order valence-corrected chi connectivity index (χ0v) is 13.7. The summed E-state index contributed by atoms with van der Waals surface area (Å²) in [6, 6.07) is 15.5. The number of aromatic nitrogens is 1. The predicted octanol–water partition coefficient (Wildman–Crippen LogP) is 3.43. The summed E-state index contributed by atoms with van der Waals surface area (Å²) in [5.74, 6) is -0.188. The molecule has 122 valence electrons. The van der Waals surface area contributed by atoms with E-state index in [0.29, 0.717) is 0 Å². The number of nitrogens with zero attached hydrogens (tertiary/aromatic N) is 1. The first kappa shape index (κ1) is 15.8. The number of hydrazone groups is 1. The van der Waals surface area contributed by atoms with E-state index < -0.39 is 0 Å². The third kappa shape index (κ3) is 3.63. The quantitative estimate of drug-likeness (QED) is 0.498. The number of H-pyrrole nitrogens is 1. The van der Waals surface area contributed by atoms with Crippen molar-refractivity contribution in [3.8, 4) is 0 Å². The summed E-state index contributed by atoms with van der Waals surface area (Å²) in [6.45, 7) is 3.83. The molecule has 5 nitrogen and oxygen atoms in total. The lowest BCUT2D eigenvalue weighted by Gasteiger charge is -2.13. The molecule has 0 saturated heterocycles. The van der Waals surface area contributed by atoms with Crippen molar-refractivity contribution in [1.82, 2.24) is 10.4 Å². The lowest BCUT2D eigenvalue weighted by Crippen LogP contribution is -2.34. The molecule has 5 heteroatoms. The third-order valence-corrected chi connectivity index (χ3v) is 3.83. The standard InChI is InChI=1S/C19H20N4O/c1-13-7-9-16(10-8-13)22-14(2)19(24)23-21-12-15-11-20-18-6-4-3-5-17(15)18/h3-12,14,20,22H,1-2H3,(H,23,24)/b21-12-/t14-/m1/s1. The van der Waals surface area contributed by atoms with Gasteiger partial charge < -0.3 is 10.3 Å². The van der Waals surface area contributed by atoms with Crippen molar-refractivity contribution in [1.29, 1.82) is 0 Å². The van der Waals surface area contributed by atoms with Crippen LogP contribution in [0.5, 0.6) is 0 Å². The molecule has 0 aliphatic carbocycles. The van der Waals surface area contributed by atoms with Crippen LogP contribution in [-0.2, 0) is 4.79 Å². The average Bonchev–Trinajstić information content (AvgIpc) is 3.00. The minimum atomic E-state index is -0.382. The highest BCUT2D eigenvalue weighted by Gasteiger charge is 2.11. The maximum absolute atomic E-state index is 12.1. The number of nitrogens with one attached hydrogen (secondary N) is 3. The Morgan fingerprint density at radius 1 is 1.17 bits per heavy atom. The summed E-state index contributed by atoms with van der Waals surface area (Å²) in [5.41, 5.74) is 6.64. The normalized spacial score (nSPS) is 12.4. The Morgan fingerprint density at radius 2 is 1.92 bits per heavy atom. The van der Waals surface area contributed by atoms with Crippen molar-refractivity contribution in [2.45, 2.75) is 19.9 Å². The number of para-hydroxylation sites is 1. The summed E-state index contributed by atoms with van der Waals surface area (Å²) < 4.78 is 0. The number of aryl methyl sites for hydroxylation is 1. The number of hydrogen-bond donors (Lipinski definition) is 3. The Kier molecular flexibility index (Phi) is 4.61. The summed E-state index contributed by atoms with van der Waals surface area (Å²) in [6.07, 6.45) is 3.52. The lowest BCUT2D eigenvalue weighted by molar-refractivity contribution is -0.121. The van der Waals surface area contributed by atoms with Gasteiger partial charge >= 0.3 is 0 Å². The molecular weight excluding hydrogens is 300 g/mol. The van der Waals surface area contributed by atoms with Crippen LogP contribution in [0.2, 0.25) is 0 Å². The smallest absolute Gasteiger partial charge is 0.262 e. The van der Waals surface area contributed by atoms with E-state index in [-0.39, 0.29) is 11.9 Å². The van der Waals surface area contributed by atoms with Gasteiger partial charge in [0.25, 0.3) is 5.91 Å². The van der Waals surface area contributed by atoms with Gasteiger partial charge in [0, 0.05) is 28.4 Å². The molecule has 0 bridgehead atoms. The van der Waals surface area contributed by atoms with E-state index in [4.69, 9.17) is 0 Å². The van der Waals surface area contributed by atoms with Crippen LogP contribution in [0.3, 0.4) is 0 Å². The van der Waals surface area contributed by atoms with Gasteiger partial charge in [-0.05, 0) is 32.0 Å². The third-order valence-electron chi connectivity index (χ3n) is 3.83. The minimum absolute atomic E-state index is 0.188. The molecule has 2 aromatic carbocycles. The van der Waals surface area contributed by atoms with E-state index in [1.807, 2.05) is 61.7 Å². The van der Waals surface area contributed by atoms with Crippen LogP contribution in [0, 0.1) is 6.92 Å². The van der Waals surface area contributed by atoms with Gasteiger partial charge in [0.2, 0.25) is 0 Å². The summed E-state index contributed by atoms with van der Waals surface area (Å²) in [5, 5.41) is 8.28. The topological polar surface area (TPSA) is 69.3 Å². The fourth-order valence-electron chi connectivity index (χ4n) is 2.43. The van der Waals surface area contributed by atoms with Crippen LogP contribution >= 0.6 is 0 Å². The molecule has 0 saturated carbocycles. The molecule has 0 aliphatic heterocycles. The first-order valence-corrected chi connectivity index (χ1v) is 7.86. The number of carbonyl (C=O) groups excluding carboxylic acids is 1. The summed E-state index contributed by atoms with van der Waals surface area (Å²) >= 11 is 0. The molecule has 0 radical (unpaired) electrons. The van der Waals surface area contributed by atoms with Crippen molar-refractivity contribution in [3.05, 3.63) is 65.9 Å². The van der Waals surface area contributed by atoms with Gasteiger partial charge in [0.15, 0.2) is 0 Å². The second-order valence-corrected chi connectivity index (χ2v) is 5.76. The van der Waals surface area contributed by atoms with Crippen molar-refractivity contribution >= 4 is 28.7 Å². The van der Waals surface area contributed by atoms with E-state index in [0.717, 1.165) is 22.2 Å². The zero-order valence-electron chi connectivity index (χ0n) is 13.7. The SMILES string of the molecule is Cc1ccc(N[C@H](C)C(=O)N/N=C\c2c[nH]c3ccccc23)cc1. The molecule has 0 fully saturated rings. The number of amides is 1. The van der Waals surface area contributed by atoms with Crippen LogP contribution in [-0.4, -0.2) is 23.1 Å². The molecule has 0 unspecified atom stereocenters. The Hall–Kier alpha value is -3.08. The predicted molar refractivity (Wildman–Crippen MR) is 98.3 cm³/mol. The Bertz CT molecular complexity index is 864. The maximum atomic E-state index is 12.1. The van der Waals surface area contributed by atoms with Crippen LogP contribution in [0.4, 0.5) is 5.69 Å². The van der Waals surface area contributed by atoms with Gasteiger partial charge in [-0.1, -0.05) is 35.9 Å². The number of anilines is 1. The first-order valence-electron chi connectivity index (χ1n) is 7.86. The van der Waals surface area contributed by atoms with Gasteiger partial charge in [-0.15, -0.1) is 0 Å². The lowest BCUT2D eigenvalue weighted by atomic mass is 10.2. The van der Waals surface area contributed by atoms with Gasteiger partial charge in [-0.2, -0.15) is 5.10 Å². The van der Waals surface area contributed by atoms with Crippen molar-refractivity contribution in [2.75, 3.05) is 5.32 Å². The van der Waals surface area contributed by atoms with E-state index in [1.165, 1.54) is 5.56 Å². The van der Waals surface area contributed by atoms with Crippen molar-refractivity contribution in [3.63, 3.8) is 0 Å². The Morgan fingerprint density at radius 3 is 2.71 bits per heavy atom. The number of aromatic amines is 1. The van der Waals surface area contributed by atoms with Crippen LogP contribution in [0.15, 0.2) is 59.8 Å². The first-order chi connectivity index (χ1) is 11.6. The summed E-state index contributed by atoms with van der Waals surface area (Å²) in [7, 11) is 0. The minimum Gasteiger partial charge on any atom is -0.374 e. The van der Waals surface area contributed by atoms with E-state index in [1.54, 1.807) is 13.1 Å². The highest BCUT2D eigenvalue weighted by Crippen LogP contribution is 2.15. The molecule has 24 heavy (non-hydrogen) atoms. The van der Waals surface area contributed by atoms with Gasteiger partial charge in [0.05, 0.1) is 6.21 Å². The molecule has 1 atom stereocenters. The van der Waals surface area contributed by atoms with Crippen molar-refractivity contribution in [2.24, 2.45) is 5.10 Å². The fraction of sp³-hybridized carbons (Fsp3) is 0.158. The molecule has 0 aliphatic rings. The van der Waals surface area contributed by atoms with Gasteiger partial charge in [-0.25, -0.2) is 5.43 Å². The number of carbonyl (C=O) groups is 1. The van der Waals surface area contributed by atoms with Gasteiger partial charge in [0.1, 0.15) is 6.04 Å². The van der Waals surface area contributed by atoms with E-state index in [9.17, 15) is 4.79 Å². The second kappa shape index (κ2) is 7.00. The zero-order chi connectivity index (χ0) is 16.9. The van der Waals surface area contributed by atoms with E-state index >= 15 is 0 Å². The highest BCUT2D eigenvalue weighted by molar-refractivity contribution is 5.99. The Balaban J connectivity index is 1.59.